The molecule has 2 N–H and O–H groups in total. The van der Waals surface area contributed by atoms with E-state index >= 15 is 0 Å². The Balaban J connectivity index is 1.37. The van der Waals surface area contributed by atoms with Crippen molar-refractivity contribution >= 4 is 22.5 Å². The smallest absolute Gasteiger partial charge is 0.255 e. The average molecular weight is 384 g/mol. The number of hydrogen-bond donors (Lipinski definition) is 2. The van der Waals surface area contributed by atoms with Gasteiger partial charge in [-0.1, -0.05) is 29.4 Å². The summed E-state index contributed by atoms with van der Waals surface area (Å²) in [6.45, 7) is 0. The van der Waals surface area contributed by atoms with Gasteiger partial charge in [0.1, 0.15) is 0 Å². The average Bonchev–Trinajstić information content (AvgIpc) is 3.50. The Morgan fingerprint density at radius 3 is 2.90 bits per heavy atom. The number of rotatable bonds is 5. The van der Waals surface area contributed by atoms with E-state index in [4.69, 9.17) is 8.94 Å². The van der Waals surface area contributed by atoms with Gasteiger partial charge in [-0.25, -0.2) is 0 Å². The third kappa shape index (κ3) is 3.41. The van der Waals surface area contributed by atoms with Crippen LogP contribution >= 0.6 is 0 Å². The Morgan fingerprint density at radius 2 is 2.00 bits per heavy atom. The summed E-state index contributed by atoms with van der Waals surface area (Å²) in [6.07, 6.45) is 3.80. The second-order valence-electron chi connectivity index (χ2n) is 6.56. The van der Waals surface area contributed by atoms with E-state index in [0.29, 0.717) is 35.1 Å². The number of hydrogen-bond acceptors (Lipinski definition) is 5. The van der Waals surface area contributed by atoms with Gasteiger partial charge in [-0.05, 0) is 47.3 Å². The van der Waals surface area contributed by atoms with E-state index in [1.807, 2.05) is 54.7 Å². The molecular formula is C22H16N4O3. The van der Waals surface area contributed by atoms with Crippen LogP contribution in [0.25, 0.3) is 22.5 Å². The van der Waals surface area contributed by atoms with Crippen molar-refractivity contribution in [3.63, 3.8) is 0 Å². The van der Waals surface area contributed by atoms with Crippen molar-refractivity contribution in [2.75, 3.05) is 5.32 Å². The molecule has 1 amide bonds. The van der Waals surface area contributed by atoms with Gasteiger partial charge in [0, 0.05) is 23.0 Å². The molecule has 0 fully saturated rings. The van der Waals surface area contributed by atoms with Crippen LogP contribution in [0.15, 0.2) is 82.1 Å². The molecule has 5 aromatic rings. The minimum absolute atomic E-state index is 0.184. The molecule has 0 bridgehead atoms. The summed E-state index contributed by atoms with van der Waals surface area (Å²) in [5.74, 6) is 1.19. The lowest BCUT2D eigenvalue weighted by Gasteiger charge is -2.10. The third-order valence-corrected chi connectivity index (χ3v) is 4.63. The molecule has 7 nitrogen and oxygen atoms in total. The fraction of sp³-hybridized carbons (Fsp3) is 0.0455. The number of carbonyl (C=O) groups is 1. The Bertz CT molecular complexity index is 1280. The highest BCUT2D eigenvalue weighted by molar-refractivity contribution is 6.06. The molecule has 0 aliphatic heterocycles. The van der Waals surface area contributed by atoms with E-state index in [1.54, 1.807) is 18.4 Å². The Morgan fingerprint density at radius 1 is 1.07 bits per heavy atom. The van der Waals surface area contributed by atoms with Crippen LogP contribution < -0.4 is 5.32 Å². The summed E-state index contributed by atoms with van der Waals surface area (Å²) >= 11 is 0. The molecule has 0 aliphatic rings. The van der Waals surface area contributed by atoms with Gasteiger partial charge >= 0.3 is 0 Å². The molecule has 0 radical (unpaired) electrons. The first-order chi connectivity index (χ1) is 14.3. The highest BCUT2D eigenvalue weighted by Crippen LogP contribution is 2.22. The number of para-hydroxylation sites is 1. The van der Waals surface area contributed by atoms with Gasteiger partial charge in [0.15, 0.2) is 5.76 Å². The van der Waals surface area contributed by atoms with Crippen LogP contribution in [0.1, 0.15) is 21.8 Å². The van der Waals surface area contributed by atoms with E-state index < -0.39 is 0 Å². The van der Waals surface area contributed by atoms with Crippen LogP contribution in [-0.4, -0.2) is 21.0 Å². The summed E-state index contributed by atoms with van der Waals surface area (Å²) in [7, 11) is 0. The van der Waals surface area contributed by atoms with Gasteiger partial charge in [-0.3, -0.25) is 4.79 Å². The maximum absolute atomic E-state index is 12.8. The van der Waals surface area contributed by atoms with E-state index in [-0.39, 0.29) is 5.91 Å². The summed E-state index contributed by atoms with van der Waals surface area (Å²) in [5, 5.41) is 7.98. The lowest BCUT2D eigenvalue weighted by Crippen LogP contribution is -2.13. The minimum Gasteiger partial charge on any atom is -0.461 e. The van der Waals surface area contributed by atoms with Gasteiger partial charge < -0.3 is 19.2 Å². The molecule has 5 rings (SSSR count). The van der Waals surface area contributed by atoms with Crippen molar-refractivity contribution in [1.82, 2.24) is 15.1 Å². The van der Waals surface area contributed by atoms with Crippen molar-refractivity contribution in [3.05, 3.63) is 90.1 Å². The number of furan rings is 1. The predicted octanol–water partition coefficient (Wildman–Crippen LogP) is 4.65. The monoisotopic (exact) mass is 384 g/mol. The zero-order valence-corrected chi connectivity index (χ0v) is 15.3. The number of amides is 1. The maximum atomic E-state index is 12.8. The SMILES string of the molecule is O=C(Nc1ccccc1Cc1nc(-c2ccco2)no1)c1ccc2cc[nH]c2c1. The number of aromatic amines is 1. The number of carbonyl (C=O) groups excluding carboxylic acids is 1. The van der Waals surface area contributed by atoms with Crippen LogP contribution in [0, 0.1) is 0 Å². The van der Waals surface area contributed by atoms with Crippen LogP contribution in [0.2, 0.25) is 0 Å². The molecule has 3 heterocycles. The topological polar surface area (TPSA) is 97.0 Å². The number of aromatic nitrogens is 3. The fourth-order valence-corrected chi connectivity index (χ4v) is 3.18. The number of nitrogens with one attached hydrogen (secondary N) is 2. The molecule has 0 saturated heterocycles. The summed E-state index contributed by atoms with van der Waals surface area (Å²) in [5.41, 5.74) is 3.06. The second-order valence-corrected chi connectivity index (χ2v) is 6.56. The van der Waals surface area contributed by atoms with Crippen molar-refractivity contribution in [2.45, 2.75) is 6.42 Å². The van der Waals surface area contributed by atoms with Gasteiger partial charge in [0.25, 0.3) is 5.91 Å². The molecule has 0 spiro atoms. The standard InChI is InChI=1S/C22H16N4O3/c27-22(16-8-7-14-9-10-23-18(14)12-16)24-17-5-2-1-4-15(17)13-20-25-21(26-29-20)19-6-3-11-28-19/h1-12,23H,13H2,(H,24,27). The molecule has 3 aromatic heterocycles. The molecular weight excluding hydrogens is 368 g/mol. The largest absolute Gasteiger partial charge is 0.461 e. The molecule has 29 heavy (non-hydrogen) atoms. The van der Waals surface area contributed by atoms with E-state index in [1.165, 1.54) is 0 Å². The number of H-pyrrole nitrogens is 1. The quantitative estimate of drug-likeness (QED) is 0.460. The molecule has 0 unspecified atom stereocenters. The van der Waals surface area contributed by atoms with Gasteiger partial charge in [-0.2, -0.15) is 4.98 Å². The van der Waals surface area contributed by atoms with Crippen LogP contribution in [0.5, 0.6) is 0 Å². The molecule has 0 aliphatic carbocycles. The summed E-state index contributed by atoms with van der Waals surface area (Å²) in [4.78, 5) is 20.2. The Kier molecular flexibility index (Phi) is 4.18. The van der Waals surface area contributed by atoms with Crippen molar-refractivity contribution in [3.8, 4) is 11.6 Å². The van der Waals surface area contributed by atoms with Crippen LogP contribution in [0.3, 0.4) is 0 Å². The first kappa shape index (κ1) is 17.0. The number of nitrogens with zero attached hydrogens (tertiary/aromatic N) is 2. The zero-order chi connectivity index (χ0) is 19.6. The first-order valence-corrected chi connectivity index (χ1v) is 9.09. The lowest BCUT2D eigenvalue weighted by molar-refractivity contribution is 0.102. The normalized spacial score (nSPS) is 11.0. The minimum atomic E-state index is -0.184. The molecule has 0 saturated carbocycles. The van der Waals surface area contributed by atoms with Gasteiger partial charge in [0.05, 0.1) is 12.7 Å². The first-order valence-electron chi connectivity index (χ1n) is 9.09. The fourth-order valence-electron chi connectivity index (χ4n) is 3.18. The Labute approximate surface area is 165 Å². The molecule has 2 aromatic carbocycles. The number of benzene rings is 2. The van der Waals surface area contributed by atoms with Crippen molar-refractivity contribution in [2.24, 2.45) is 0 Å². The van der Waals surface area contributed by atoms with Crippen LogP contribution in [-0.2, 0) is 6.42 Å². The summed E-state index contributed by atoms with van der Waals surface area (Å²) in [6, 6.07) is 18.6. The maximum Gasteiger partial charge on any atom is 0.255 e. The van der Waals surface area contributed by atoms with Gasteiger partial charge in [-0.15, -0.1) is 0 Å². The zero-order valence-electron chi connectivity index (χ0n) is 15.3. The van der Waals surface area contributed by atoms with Crippen LogP contribution in [0.4, 0.5) is 5.69 Å². The van der Waals surface area contributed by atoms with Gasteiger partial charge in [0.2, 0.25) is 11.7 Å². The molecule has 0 atom stereocenters. The Hall–Kier alpha value is -4.13. The highest BCUT2D eigenvalue weighted by atomic mass is 16.5. The molecule has 142 valence electrons. The molecule has 7 heteroatoms. The second kappa shape index (κ2) is 7.12. The lowest BCUT2D eigenvalue weighted by atomic mass is 10.1. The number of fused-ring (bicyclic) bond motifs is 1. The number of anilines is 1. The van der Waals surface area contributed by atoms with E-state index in [9.17, 15) is 4.79 Å². The van der Waals surface area contributed by atoms with Crippen molar-refractivity contribution in [1.29, 1.82) is 0 Å². The third-order valence-electron chi connectivity index (χ3n) is 4.63. The van der Waals surface area contributed by atoms with E-state index in [2.05, 4.69) is 20.4 Å². The highest BCUT2D eigenvalue weighted by Gasteiger charge is 2.15. The predicted molar refractivity (Wildman–Crippen MR) is 107 cm³/mol. The van der Waals surface area contributed by atoms with Crippen molar-refractivity contribution < 1.29 is 13.7 Å². The summed E-state index contributed by atoms with van der Waals surface area (Å²) < 4.78 is 10.6. The van der Waals surface area contributed by atoms with E-state index in [0.717, 1.165) is 16.5 Å².